The summed E-state index contributed by atoms with van der Waals surface area (Å²) in [6.07, 6.45) is 0.653. The van der Waals surface area contributed by atoms with Crippen molar-refractivity contribution in [3.63, 3.8) is 0 Å². The smallest absolute Gasteiger partial charge is 0.290 e. The van der Waals surface area contributed by atoms with Gasteiger partial charge < -0.3 is 14.1 Å². The fourth-order valence-electron chi connectivity index (χ4n) is 4.33. The summed E-state index contributed by atoms with van der Waals surface area (Å²) in [6.45, 7) is 2.48. The molecule has 5 nitrogen and oxygen atoms in total. The van der Waals surface area contributed by atoms with Gasteiger partial charge in [-0.2, -0.15) is 0 Å². The van der Waals surface area contributed by atoms with Crippen molar-refractivity contribution in [1.29, 1.82) is 0 Å². The number of amides is 1. The Labute approximate surface area is 185 Å². The molecule has 5 heteroatoms. The molecule has 0 saturated heterocycles. The second-order valence-corrected chi connectivity index (χ2v) is 8.08. The van der Waals surface area contributed by atoms with Crippen molar-refractivity contribution in [3.8, 4) is 5.75 Å². The molecule has 160 valence electrons. The van der Waals surface area contributed by atoms with Crippen LogP contribution >= 0.6 is 0 Å². The Morgan fingerprint density at radius 3 is 2.38 bits per heavy atom. The zero-order chi connectivity index (χ0) is 22.2. The number of para-hydroxylation sites is 1. The van der Waals surface area contributed by atoms with E-state index in [2.05, 4.69) is 0 Å². The van der Waals surface area contributed by atoms with Gasteiger partial charge in [0.05, 0.1) is 24.1 Å². The topological polar surface area (TPSA) is 59.8 Å². The Bertz CT molecular complexity index is 1350. The van der Waals surface area contributed by atoms with Crippen molar-refractivity contribution >= 4 is 16.9 Å². The van der Waals surface area contributed by atoms with Crippen LogP contribution < -0.4 is 10.2 Å². The summed E-state index contributed by atoms with van der Waals surface area (Å²) < 4.78 is 11.2. The number of carbonyl (C=O) groups excluding carboxylic acids is 1. The molecule has 0 N–H and O–H groups in total. The molecule has 1 atom stereocenters. The predicted octanol–water partition coefficient (Wildman–Crippen LogP) is 4.90. The highest BCUT2D eigenvalue weighted by atomic mass is 16.5. The lowest BCUT2D eigenvalue weighted by atomic mass is 9.97. The number of fused-ring (bicyclic) bond motifs is 2. The number of aryl methyl sites for hydroxylation is 1. The van der Waals surface area contributed by atoms with Gasteiger partial charge in [0.1, 0.15) is 11.3 Å². The molecule has 0 aliphatic carbocycles. The van der Waals surface area contributed by atoms with Crippen LogP contribution in [0.25, 0.3) is 11.0 Å². The van der Waals surface area contributed by atoms with Gasteiger partial charge in [0.2, 0.25) is 5.76 Å². The first kappa shape index (κ1) is 20.1. The lowest BCUT2D eigenvalue weighted by molar-refractivity contribution is 0.0730. The van der Waals surface area contributed by atoms with Gasteiger partial charge in [0.15, 0.2) is 5.43 Å². The average molecular weight is 425 g/mol. The van der Waals surface area contributed by atoms with Gasteiger partial charge in [-0.15, -0.1) is 0 Å². The van der Waals surface area contributed by atoms with Gasteiger partial charge in [-0.05, 0) is 48.7 Å². The maximum atomic E-state index is 13.5. The number of nitrogens with zero attached hydrogens (tertiary/aromatic N) is 1. The van der Waals surface area contributed by atoms with E-state index in [4.69, 9.17) is 9.15 Å². The van der Waals surface area contributed by atoms with E-state index in [1.807, 2.05) is 61.5 Å². The van der Waals surface area contributed by atoms with Crippen LogP contribution in [0.4, 0.5) is 0 Å². The van der Waals surface area contributed by atoms with Crippen LogP contribution in [0.3, 0.4) is 0 Å². The molecule has 5 rings (SSSR count). The number of ether oxygens (including phenoxy) is 1. The molecule has 0 fully saturated rings. The molecule has 1 aliphatic heterocycles. The minimum Gasteiger partial charge on any atom is -0.497 e. The molecular formula is C27H23NO4. The van der Waals surface area contributed by atoms with Crippen LogP contribution in [0.5, 0.6) is 5.75 Å². The summed E-state index contributed by atoms with van der Waals surface area (Å²) >= 11 is 0. The Balaban J connectivity index is 1.58. The lowest BCUT2D eigenvalue weighted by Gasteiger charge is -2.25. The van der Waals surface area contributed by atoms with Crippen molar-refractivity contribution in [3.05, 3.63) is 111 Å². The molecule has 1 aliphatic rings. The Morgan fingerprint density at radius 2 is 1.66 bits per heavy atom. The lowest BCUT2D eigenvalue weighted by Crippen LogP contribution is -2.31. The van der Waals surface area contributed by atoms with E-state index in [-0.39, 0.29) is 17.1 Å². The summed E-state index contributed by atoms with van der Waals surface area (Å²) in [4.78, 5) is 28.6. The van der Waals surface area contributed by atoms with E-state index in [0.29, 0.717) is 29.5 Å². The van der Waals surface area contributed by atoms with E-state index in [1.165, 1.54) is 0 Å². The molecule has 0 saturated carbocycles. The first-order valence-electron chi connectivity index (χ1n) is 10.6. The molecule has 0 bridgehead atoms. The maximum absolute atomic E-state index is 13.5. The Morgan fingerprint density at radius 1 is 0.938 bits per heavy atom. The van der Waals surface area contributed by atoms with E-state index < -0.39 is 6.04 Å². The summed E-state index contributed by atoms with van der Waals surface area (Å²) in [5.41, 5.74) is 3.82. The van der Waals surface area contributed by atoms with Gasteiger partial charge in [-0.3, -0.25) is 9.59 Å². The number of carbonyl (C=O) groups is 1. The molecule has 1 aromatic heterocycles. The van der Waals surface area contributed by atoms with Gasteiger partial charge in [-0.25, -0.2) is 0 Å². The van der Waals surface area contributed by atoms with Crippen molar-refractivity contribution in [2.45, 2.75) is 19.4 Å². The van der Waals surface area contributed by atoms with Crippen LogP contribution in [-0.2, 0) is 6.42 Å². The molecule has 32 heavy (non-hydrogen) atoms. The summed E-state index contributed by atoms with van der Waals surface area (Å²) in [6, 6.07) is 22.4. The molecular weight excluding hydrogens is 402 g/mol. The molecule has 1 unspecified atom stereocenters. The second-order valence-electron chi connectivity index (χ2n) is 8.08. The quantitative estimate of drug-likeness (QED) is 0.456. The normalized spacial score (nSPS) is 15.2. The molecule has 0 spiro atoms. The van der Waals surface area contributed by atoms with Crippen molar-refractivity contribution < 1.29 is 13.9 Å². The van der Waals surface area contributed by atoms with Crippen LogP contribution in [0.1, 0.15) is 38.9 Å². The Kier molecular flexibility index (Phi) is 5.02. The maximum Gasteiger partial charge on any atom is 0.290 e. The fourth-order valence-corrected chi connectivity index (χ4v) is 4.33. The van der Waals surface area contributed by atoms with Crippen LogP contribution in [0.15, 0.2) is 82.0 Å². The SMILES string of the molecule is COc1ccc(CCN2C(=O)c3oc4ccccc4c(=O)c3C2c2ccc(C)cc2)cc1. The number of hydrogen-bond donors (Lipinski definition) is 0. The van der Waals surface area contributed by atoms with E-state index >= 15 is 0 Å². The number of benzene rings is 3. The number of rotatable bonds is 5. The zero-order valence-corrected chi connectivity index (χ0v) is 18.0. The molecule has 2 heterocycles. The number of methoxy groups -OCH3 is 1. The molecule has 1 amide bonds. The molecule has 0 radical (unpaired) electrons. The summed E-state index contributed by atoms with van der Waals surface area (Å²) in [5, 5.41) is 0.494. The first-order chi connectivity index (χ1) is 15.6. The second kappa shape index (κ2) is 8.00. The largest absolute Gasteiger partial charge is 0.497 e. The van der Waals surface area contributed by atoms with Crippen molar-refractivity contribution in [2.75, 3.05) is 13.7 Å². The minimum absolute atomic E-state index is 0.146. The minimum atomic E-state index is -0.475. The average Bonchev–Trinajstić information content (AvgIpc) is 3.10. The highest BCUT2D eigenvalue weighted by molar-refractivity contribution is 5.99. The first-order valence-corrected chi connectivity index (χ1v) is 10.6. The van der Waals surface area contributed by atoms with Gasteiger partial charge in [-0.1, -0.05) is 54.1 Å². The molecule has 4 aromatic rings. The fraction of sp³-hybridized carbons (Fsp3) is 0.185. The van der Waals surface area contributed by atoms with Crippen LogP contribution in [0.2, 0.25) is 0 Å². The van der Waals surface area contributed by atoms with Crippen LogP contribution in [-0.4, -0.2) is 24.5 Å². The highest BCUT2D eigenvalue weighted by Crippen LogP contribution is 2.38. The van der Waals surface area contributed by atoms with Crippen molar-refractivity contribution in [2.24, 2.45) is 0 Å². The third-order valence-corrected chi connectivity index (χ3v) is 6.07. The summed E-state index contributed by atoms with van der Waals surface area (Å²) in [5.74, 6) is 0.688. The highest BCUT2D eigenvalue weighted by Gasteiger charge is 2.42. The zero-order valence-electron chi connectivity index (χ0n) is 18.0. The standard InChI is InChI=1S/C27H23NO4/c1-17-7-11-19(12-8-17)24-23-25(29)21-5-3-4-6-22(21)32-26(23)27(30)28(24)16-15-18-9-13-20(31-2)14-10-18/h3-14,24H,15-16H2,1-2H3. The van der Waals surface area contributed by atoms with Gasteiger partial charge >= 0.3 is 0 Å². The third kappa shape index (κ3) is 3.36. The monoisotopic (exact) mass is 425 g/mol. The van der Waals surface area contributed by atoms with Gasteiger partial charge in [0, 0.05) is 6.54 Å². The number of hydrogen-bond acceptors (Lipinski definition) is 4. The predicted molar refractivity (Wildman–Crippen MR) is 123 cm³/mol. The van der Waals surface area contributed by atoms with Crippen LogP contribution in [0, 0.1) is 6.92 Å². The van der Waals surface area contributed by atoms with Crippen molar-refractivity contribution in [1.82, 2.24) is 4.90 Å². The Hall–Kier alpha value is -3.86. The van der Waals surface area contributed by atoms with E-state index in [0.717, 1.165) is 22.4 Å². The van der Waals surface area contributed by atoms with E-state index in [1.54, 1.807) is 30.2 Å². The third-order valence-electron chi connectivity index (χ3n) is 6.07. The molecule has 3 aromatic carbocycles. The van der Waals surface area contributed by atoms with Gasteiger partial charge in [0.25, 0.3) is 5.91 Å². The van der Waals surface area contributed by atoms with E-state index in [9.17, 15) is 9.59 Å². The summed E-state index contributed by atoms with van der Waals surface area (Å²) in [7, 11) is 1.63.